The number of carbonyl (C=O) groups is 2. The van der Waals surface area contributed by atoms with Crippen LogP contribution in [0, 0.1) is 5.41 Å². The lowest BCUT2D eigenvalue weighted by Gasteiger charge is -2.55. The van der Waals surface area contributed by atoms with Crippen molar-refractivity contribution in [2.24, 2.45) is 5.41 Å². The zero-order valence-corrected chi connectivity index (χ0v) is 18.2. The van der Waals surface area contributed by atoms with Gasteiger partial charge in [0.2, 0.25) is 0 Å². The number of Topliss-reactive ketones (excluding diaryl/α,β-unsaturated/α-hetero) is 1. The number of hydrogen-bond acceptors (Lipinski definition) is 3. The molecule has 0 aromatic heterocycles. The number of carbonyl (C=O) groups excluding carboxylic acids is 2. The van der Waals surface area contributed by atoms with Gasteiger partial charge in [0.05, 0.1) is 5.56 Å². The van der Waals surface area contributed by atoms with Gasteiger partial charge in [0, 0.05) is 12.5 Å². The van der Waals surface area contributed by atoms with Crippen LogP contribution in [0.3, 0.4) is 0 Å². The molecule has 3 aliphatic heterocycles. The number of quaternary nitrogens is 2. The van der Waals surface area contributed by atoms with E-state index in [1.807, 2.05) is 19.1 Å². The van der Waals surface area contributed by atoms with E-state index in [4.69, 9.17) is 4.74 Å². The van der Waals surface area contributed by atoms with Gasteiger partial charge in [-0.3, -0.25) is 4.79 Å². The lowest BCUT2D eigenvalue weighted by atomic mass is 9.90. The van der Waals surface area contributed by atoms with Crippen LogP contribution in [0.2, 0.25) is 0 Å². The summed E-state index contributed by atoms with van der Waals surface area (Å²) in [6.07, 6.45) is -0.131. The van der Waals surface area contributed by atoms with E-state index in [9.17, 15) is 9.59 Å². The first-order valence-electron chi connectivity index (χ1n) is 10.5. The molecule has 0 N–H and O–H groups in total. The van der Waals surface area contributed by atoms with Crippen LogP contribution in [0.5, 0.6) is 0 Å². The molecule has 3 heterocycles. The highest BCUT2D eigenvalue weighted by molar-refractivity contribution is 5.89. The monoisotopic (exact) mass is 388 g/mol. The first-order chi connectivity index (χ1) is 13.0. The third kappa shape index (κ3) is 4.64. The number of esters is 1. The van der Waals surface area contributed by atoms with Crippen molar-refractivity contribution in [1.29, 1.82) is 0 Å². The molecule has 1 aromatic carbocycles. The normalized spacial score (nSPS) is 28.0. The number of fused-ring (bicyclic) bond motifs is 3. The minimum atomic E-state index is -0.247. The summed E-state index contributed by atoms with van der Waals surface area (Å²) >= 11 is 0. The number of rotatable bonds is 6. The average molecular weight is 389 g/mol. The minimum absolute atomic E-state index is 0.0652. The second kappa shape index (κ2) is 7.60. The van der Waals surface area contributed by atoms with Gasteiger partial charge in [-0.1, -0.05) is 32.9 Å². The highest BCUT2D eigenvalue weighted by Crippen LogP contribution is 2.29. The second-order valence-corrected chi connectivity index (χ2v) is 10.2. The van der Waals surface area contributed by atoms with Gasteiger partial charge in [0.1, 0.15) is 58.5 Å². The van der Waals surface area contributed by atoms with Gasteiger partial charge < -0.3 is 13.7 Å². The topological polar surface area (TPSA) is 43.4 Å². The molecular formula is C23H36N2O3+2. The molecule has 3 fully saturated rings. The van der Waals surface area contributed by atoms with Crippen LogP contribution in [0.15, 0.2) is 24.3 Å². The molecule has 5 heteroatoms. The lowest BCUT2D eigenvalue weighted by Crippen LogP contribution is -2.75. The molecule has 154 valence electrons. The molecule has 0 unspecified atom stereocenters. The third-order valence-electron chi connectivity index (χ3n) is 6.92. The van der Waals surface area contributed by atoms with Crippen LogP contribution < -0.4 is 0 Å². The van der Waals surface area contributed by atoms with Gasteiger partial charge >= 0.3 is 5.97 Å². The summed E-state index contributed by atoms with van der Waals surface area (Å²) < 4.78 is 7.71. The zero-order chi connectivity index (χ0) is 20.6. The zero-order valence-electron chi connectivity index (χ0n) is 18.2. The second-order valence-electron chi connectivity index (χ2n) is 10.2. The quantitative estimate of drug-likeness (QED) is 0.556. The Kier molecular flexibility index (Phi) is 5.70. The Balaban J connectivity index is 1.60. The SMILES string of the molecule is CC(=O)C[N+]12CC[N+](Cc3ccc(C(=O)O[C@H](C)C(C)(C)C)cc3)(CC1)CC2. The summed E-state index contributed by atoms with van der Waals surface area (Å²) in [7, 11) is 0. The van der Waals surface area contributed by atoms with Gasteiger partial charge in [-0.2, -0.15) is 0 Å². The van der Waals surface area contributed by atoms with Gasteiger partial charge in [0.25, 0.3) is 0 Å². The predicted molar refractivity (Wildman–Crippen MR) is 110 cm³/mol. The summed E-state index contributed by atoms with van der Waals surface area (Å²) in [5, 5.41) is 0. The Morgan fingerprint density at radius 1 is 0.964 bits per heavy atom. The van der Waals surface area contributed by atoms with Crippen LogP contribution in [0.1, 0.15) is 50.5 Å². The average Bonchev–Trinajstić information content (AvgIpc) is 2.62. The Labute approximate surface area is 169 Å². The van der Waals surface area contributed by atoms with Crippen LogP contribution in [-0.2, 0) is 16.1 Å². The van der Waals surface area contributed by atoms with Crippen molar-refractivity contribution in [1.82, 2.24) is 0 Å². The fraction of sp³-hybridized carbons (Fsp3) is 0.652. The highest BCUT2D eigenvalue weighted by atomic mass is 16.5. The summed E-state index contributed by atoms with van der Waals surface area (Å²) in [6.45, 7) is 18.3. The van der Waals surface area contributed by atoms with Crippen molar-refractivity contribution in [3.63, 3.8) is 0 Å². The number of hydrogen-bond donors (Lipinski definition) is 0. The molecule has 1 aromatic rings. The maximum absolute atomic E-state index is 12.4. The van der Waals surface area contributed by atoms with E-state index < -0.39 is 0 Å². The fourth-order valence-electron chi connectivity index (χ4n) is 4.43. The molecule has 5 nitrogen and oxygen atoms in total. The molecule has 0 radical (unpaired) electrons. The first-order valence-corrected chi connectivity index (χ1v) is 10.5. The molecule has 0 saturated carbocycles. The molecule has 1 atom stereocenters. The van der Waals surface area contributed by atoms with Crippen molar-refractivity contribution >= 4 is 11.8 Å². The molecule has 0 amide bonds. The number of nitrogens with zero attached hydrogens (tertiary/aromatic N) is 2. The van der Waals surface area contributed by atoms with E-state index in [0.29, 0.717) is 17.9 Å². The molecule has 2 bridgehead atoms. The molecule has 4 rings (SSSR count). The van der Waals surface area contributed by atoms with Gasteiger partial charge in [-0.05, 0) is 24.5 Å². The van der Waals surface area contributed by atoms with Crippen molar-refractivity contribution in [2.45, 2.75) is 47.3 Å². The summed E-state index contributed by atoms with van der Waals surface area (Å²) in [4.78, 5) is 24.0. The van der Waals surface area contributed by atoms with E-state index >= 15 is 0 Å². The van der Waals surface area contributed by atoms with Crippen LogP contribution in [0.4, 0.5) is 0 Å². The van der Waals surface area contributed by atoms with Crippen LogP contribution in [0.25, 0.3) is 0 Å². The Morgan fingerprint density at radius 3 is 1.93 bits per heavy atom. The van der Waals surface area contributed by atoms with Crippen LogP contribution in [-0.4, -0.2) is 72.6 Å². The van der Waals surface area contributed by atoms with Crippen molar-refractivity contribution in [2.75, 3.05) is 45.8 Å². The smallest absolute Gasteiger partial charge is 0.338 e. The molecule has 0 aliphatic carbocycles. The molecular weight excluding hydrogens is 352 g/mol. The van der Waals surface area contributed by atoms with E-state index in [0.717, 1.165) is 54.8 Å². The lowest BCUT2D eigenvalue weighted by molar-refractivity contribution is -1.08. The Bertz CT molecular complexity index is 709. The number of ether oxygens (including phenoxy) is 1. The minimum Gasteiger partial charge on any atom is -0.459 e. The summed E-state index contributed by atoms with van der Waals surface area (Å²) in [6, 6.07) is 7.95. The standard InChI is InChI=1S/C23H36N2O3/c1-18(26)16-24-10-13-25(14-11-24,15-12-24)17-20-6-8-21(9-7-20)22(27)28-19(2)23(3,4)5/h6-9,19H,10-17H2,1-5H3/q+2/t19-,24?,25?/m1/s1. The highest BCUT2D eigenvalue weighted by Gasteiger charge is 2.49. The van der Waals surface area contributed by atoms with E-state index in [-0.39, 0.29) is 17.5 Å². The summed E-state index contributed by atoms with van der Waals surface area (Å²) in [5.74, 6) is 0.0634. The maximum atomic E-state index is 12.4. The van der Waals surface area contributed by atoms with Crippen molar-refractivity contribution in [3.8, 4) is 0 Å². The van der Waals surface area contributed by atoms with Crippen LogP contribution >= 0.6 is 0 Å². The maximum Gasteiger partial charge on any atom is 0.338 e. The summed E-state index contributed by atoms with van der Waals surface area (Å²) in [5.41, 5.74) is 1.83. The molecule has 3 aliphatic rings. The Hall–Kier alpha value is -1.72. The van der Waals surface area contributed by atoms with E-state index in [2.05, 4.69) is 32.9 Å². The number of benzene rings is 1. The molecule has 0 spiro atoms. The predicted octanol–water partition coefficient (Wildman–Crippen LogP) is 3.03. The molecule has 28 heavy (non-hydrogen) atoms. The van der Waals surface area contributed by atoms with Gasteiger partial charge in [-0.15, -0.1) is 0 Å². The fourth-order valence-corrected chi connectivity index (χ4v) is 4.43. The number of ketones is 1. The first kappa shape index (κ1) is 21.0. The Morgan fingerprint density at radius 2 is 1.46 bits per heavy atom. The van der Waals surface area contributed by atoms with Crippen molar-refractivity contribution in [3.05, 3.63) is 35.4 Å². The molecule has 3 saturated heterocycles. The van der Waals surface area contributed by atoms with E-state index in [1.165, 1.54) is 5.56 Å². The third-order valence-corrected chi connectivity index (χ3v) is 6.92. The largest absolute Gasteiger partial charge is 0.459 e. The van der Waals surface area contributed by atoms with Gasteiger partial charge in [0.15, 0.2) is 5.78 Å². The van der Waals surface area contributed by atoms with Crippen molar-refractivity contribution < 1.29 is 23.3 Å². The van der Waals surface area contributed by atoms with E-state index in [1.54, 1.807) is 6.92 Å². The number of piperazine rings is 3. The van der Waals surface area contributed by atoms with Gasteiger partial charge in [-0.25, -0.2) is 4.79 Å².